The molecule has 0 saturated heterocycles. The predicted octanol–water partition coefficient (Wildman–Crippen LogP) is 5.49. The SMILES string of the molecule is CCCN(CC(=O)N1CCc2sccc2C1COc1ccc(C(C)C)cc1)S(=O)(=O)c1ccc(OC)cc1. The first kappa shape index (κ1) is 28.1. The molecule has 7 nitrogen and oxygen atoms in total. The summed E-state index contributed by atoms with van der Waals surface area (Å²) in [4.78, 5) is 16.9. The summed E-state index contributed by atoms with van der Waals surface area (Å²) in [6.45, 7) is 7.06. The number of rotatable bonds is 11. The lowest BCUT2D eigenvalue weighted by molar-refractivity contribution is -0.135. The molecule has 4 rings (SSSR count). The van der Waals surface area contributed by atoms with Crippen molar-refractivity contribution < 1.29 is 22.7 Å². The van der Waals surface area contributed by atoms with Crippen molar-refractivity contribution in [3.63, 3.8) is 0 Å². The molecule has 1 aliphatic heterocycles. The average Bonchev–Trinajstić information content (AvgIpc) is 3.41. The summed E-state index contributed by atoms with van der Waals surface area (Å²) in [5.41, 5.74) is 2.31. The lowest BCUT2D eigenvalue weighted by Gasteiger charge is -2.37. The van der Waals surface area contributed by atoms with E-state index in [0.717, 1.165) is 17.7 Å². The van der Waals surface area contributed by atoms with Gasteiger partial charge in [-0.25, -0.2) is 8.42 Å². The molecule has 2 aromatic carbocycles. The highest BCUT2D eigenvalue weighted by atomic mass is 32.2. The normalized spacial score (nSPS) is 15.5. The summed E-state index contributed by atoms with van der Waals surface area (Å²) < 4.78 is 39.5. The summed E-state index contributed by atoms with van der Waals surface area (Å²) in [7, 11) is -2.32. The predicted molar refractivity (Wildman–Crippen MR) is 151 cm³/mol. The van der Waals surface area contributed by atoms with Crippen molar-refractivity contribution in [1.29, 1.82) is 0 Å². The Morgan fingerprint density at radius 1 is 1.08 bits per heavy atom. The highest BCUT2D eigenvalue weighted by molar-refractivity contribution is 7.89. The van der Waals surface area contributed by atoms with Crippen LogP contribution in [0.1, 0.15) is 55.2 Å². The third-order valence-corrected chi connectivity index (χ3v) is 9.71. The molecular weight excluding hydrogens is 520 g/mol. The number of benzene rings is 2. The molecule has 0 aliphatic carbocycles. The Kier molecular flexibility index (Phi) is 9.12. The molecule has 9 heteroatoms. The maximum Gasteiger partial charge on any atom is 0.243 e. The second-order valence-corrected chi connectivity index (χ2v) is 12.6. The minimum absolute atomic E-state index is 0.142. The number of hydrogen-bond donors (Lipinski definition) is 0. The Hall–Kier alpha value is -2.88. The van der Waals surface area contributed by atoms with Crippen LogP contribution in [0, 0.1) is 0 Å². The van der Waals surface area contributed by atoms with Crippen molar-refractivity contribution in [3.05, 3.63) is 76.0 Å². The molecule has 0 spiro atoms. The zero-order chi connectivity index (χ0) is 27.3. The summed E-state index contributed by atoms with van der Waals surface area (Å²) in [6, 6.07) is 16.1. The monoisotopic (exact) mass is 556 g/mol. The fraction of sp³-hybridized carbons (Fsp3) is 0.414. The Bertz CT molecular complexity index is 1320. The van der Waals surface area contributed by atoms with E-state index in [2.05, 4.69) is 26.0 Å². The van der Waals surface area contributed by atoms with Gasteiger partial charge in [0.25, 0.3) is 0 Å². The average molecular weight is 557 g/mol. The van der Waals surface area contributed by atoms with Gasteiger partial charge in [-0.2, -0.15) is 4.31 Å². The van der Waals surface area contributed by atoms with Gasteiger partial charge in [-0.1, -0.05) is 32.9 Å². The molecule has 2 heterocycles. The van der Waals surface area contributed by atoms with Gasteiger partial charge in [0, 0.05) is 18.0 Å². The minimum Gasteiger partial charge on any atom is -0.497 e. The highest BCUT2D eigenvalue weighted by Crippen LogP contribution is 2.34. The maximum atomic E-state index is 13.7. The zero-order valence-corrected chi connectivity index (χ0v) is 24.1. The van der Waals surface area contributed by atoms with Crippen LogP contribution < -0.4 is 9.47 Å². The van der Waals surface area contributed by atoms with Crippen molar-refractivity contribution in [2.24, 2.45) is 0 Å². The first-order valence-electron chi connectivity index (χ1n) is 13.0. The van der Waals surface area contributed by atoms with Crippen molar-refractivity contribution >= 4 is 27.3 Å². The van der Waals surface area contributed by atoms with E-state index in [1.807, 2.05) is 30.5 Å². The number of methoxy groups -OCH3 is 1. The van der Waals surface area contributed by atoms with Crippen LogP contribution in [0.15, 0.2) is 64.9 Å². The van der Waals surface area contributed by atoms with E-state index in [4.69, 9.17) is 9.47 Å². The Labute approximate surface area is 230 Å². The summed E-state index contributed by atoms with van der Waals surface area (Å²) in [6.07, 6.45) is 1.34. The number of thiophene rings is 1. The van der Waals surface area contributed by atoms with Gasteiger partial charge in [0.15, 0.2) is 0 Å². The standard InChI is InChI=1S/C29H36N2O5S2/c1-5-16-30(38(33,34)25-12-10-23(35-4)11-13-25)19-29(32)31-17-14-28-26(15-18-37-28)27(31)20-36-24-8-6-22(7-9-24)21(2)3/h6-13,15,18,21,27H,5,14,16-17,19-20H2,1-4H3. The number of hydrogen-bond acceptors (Lipinski definition) is 6. The molecule has 1 atom stereocenters. The van der Waals surface area contributed by atoms with Crippen molar-refractivity contribution in [2.75, 3.05) is 33.4 Å². The van der Waals surface area contributed by atoms with E-state index >= 15 is 0 Å². The van der Waals surface area contributed by atoms with Crippen molar-refractivity contribution in [2.45, 2.75) is 50.5 Å². The van der Waals surface area contributed by atoms with Crippen LogP contribution in [0.2, 0.25) is 0 Å². The third-order valence-electron chi connectivity index (χ3n) is 6.85. The van der Waals surface area contributed by atoms with Gasteiger partial charge in [-0.3, -0.25) is 4.79 Å². The van der Waals surface area contributed by atoms with Crippen LogP contribution in [-0.2, 0) is 21.2 Å². The molecule has 38 heavy (non-hydrogen) atoms. The second-order valence-electron chi connectivity index (χ2n) is 9.70. The first-order chi connectivity index (χ1) is 18.2. The van der Waals surface area contributed by atoms with E-state index in [9.17, 15) is 13.2 Å². The minimum atomic E-state index is -3.85. The van der Waals surface area contributed by atoms with Gasteiger partial charge in [0.05, 0.1) is 24.6 Å². The number of nitrogens with zero attached hydrogens (tertiary/aromatic N) is 2. The number of amides is 1. The number of sulfonamides is 1. The van der Waals surface area contributed by atoms with Gasteiger partial charge in [-0.15, -0.1) is 11.3 Å². The van der Waals surface area contributed by atoms with Crippen LogP contribution >= 0.6 is 11.3 Å². The summed E-state index contributed by atoms with van der Waals surface area (Å²) in [5, 5.41) is 2.04. The van der Waals surface area contributed by atoms with E-state index in [0.29, 0.717) is 31.2 Å². The largest absolute Gasteiger partial charge is 0.497 e. The molecule has 0 bridgehead atoms. The van der Waals surface area contributed by atoms with Gasteiger partial charge < -0.3 is 14.4 Å². The van der Waals surface area contributed by atoms with Gasteiger partial charge in [-0.05, 0) is 77.7 Å². The Morgan fingerprint density at radius 2 is 1.76 bits per heavy atom. The number of carbonyl (C=O) groups is 1. The van der Waals surface area contributed by atoms with Crippen LogP contribution in [-0.4, -0.2) is 56.9 Å². The molecule has 1 aromatic heterocycles. The maximum absolute atomic E-state index is 13.7. The van der Waals surface area contributed by atoms with Gasteiger partial charge in [0.1, 0.15) is 18.1 Å². The zero-order valence-electron chi connectivity index (χ0n) is 22.4. The molecule has 0 saturated carbocycles. The molecule has 0 N–H and O–H groups in total. The van der Waals surface area contributed by atoms with Crippen LogP contribution in [0.5, 0.6) is 11.5 Å². The smallest absolute Gasteiger partial charge is 0.243 e. The van der Waals surface area contributed by atoms with E-state index in [1.165, 1.54) is 34.0 Å². The molecular formula is C29H36N2O5S2. The van der Waals surface area contributed by atoms with E-state index < -0.39 is 10.0 Å². The van der Waals surface area contributed by atoms with Crippen molar-refractivity contribution in [1.82, 2.24) is 9.21 Å². The van der Waals surface area contributed by atoms with Crippen molar-refractivity contribution in [3.8, 4) is 11.5 Å². The van der Waals surface area contributed by atoms with Crippen LogP contribution in [0.3, 0.4) is 0 Å². The molecule has 204 valence electrons. The summed E-state index contributed by atoms with van der Waals surface area (Å²) in [5.74, 6) is 1.53. The quantitative estimate of drug-likeness (QED) is 0.312. The Morgan fingerprint density at radius 3 is 2.39 bits per heavy atom. The lowest BCUT2D eigenvalue weighted by atomic mass is 10.0. The number of carbonyl (C=O) groups excluding carboxylic acids is 1. The van der Waals surface area contributed by atoms with Gasteiger partial charge >= 0.3 is 0 Å². The molecule has 1 aliphatic rings. The molecule has 1 unspecified atom stereocenters. The third kappa shape index (κ3) is 6.22. The van der Waals surface area contributed by atoms with E-state index in [-0.39, 0.29) is 29.9 Å². The number of ether oxygens (including phenoxy) is 2. The van der Waals surface area contributed by atoms with Gasteiger partial charge in [0.2, 0.25) is 15.9 Å². The second kappa shape index (κ2) is 12.3. The molecule has 0 radical (unpaired) electrons. The topological polar surface area (TPSA) is 76.2 Å². The summed E-state index contributed by atoms with van der Waals surface area (Å²) >= 11 is 1.69. The fourth-order valence-corrected chi connectivity index (χ4v) is 7.08. The molecule has 1 amide bonds. The first-order valence-corrected chi connectivity index (χ1v) is 15.3. The van der Waals surface area contributed by atoms with E-state index in [1.54, 1.807) is 28.4 Å². The molecule has 0 fully saturated rings. The lowest BCUT2D eigenvalue weighted by Crippen LogP contribution is -2.48. The highest BCUT2D eigenvalue weighted by Gasteiger charge is 2.35. The molecule has 3 aromatic rings. The van der Waals surface area contributed by atoms with Crippen LogP contribution in [0.4, 0.5) is 0 Å². The number of fused-ring (bicyclic) bond motifs is 1. The fourth-order valence-electron chi connectivity index (χ4n) is 4.67. The van der Waals surface area contributed by atoms with Crippen LogP contribution in [0.25, 0.3) is 0 Å². The Balaban J connectivity index is 1.53.